The molecule has 0 bridgehead atoms. The van der Waals surface area contributed by atoms with E-state index in [0.717, 1.165) is 58.7 Å². The molecular formula is C73H58BN3. The van der Waals surface area contributed by atoms with Crippen LogP contribution in [0.2, 0.25) is 0 Å². The van der Waals surface area contributed by atoms with Gasteiger partial charge >= 0.3 is 6.85 Å². The zero-order valence-electron chi connectivity index (χ0n) is 43.3. The lowest BCUT2D eigenvalue weighted by molar-refractivity contribution is -0.0835. The molecule has 10 aliphatic rings. The summed E-state index contributed by atoms with van der Waals surface area (Å²) >= 11 is 0. The van der Waals surface area contributed by atoms with Gasteiger partial charge in [0.15, 0.2) is 0 Å². The summed E-state index contributed by atoms with van der Waals surface area (Å²) in [6.07, 6.45) is 11.4. The number of nitrogens with zero attached hydrogens (tertiary/aromatic N) is 3. The summed E-state index contributed by atoms with van der Waals surface area (Å²) in [7, 11) is 0. The van der Waals surface area contributed by atoms with Gasteiger partial charge in [-0.1, -0.05) is 146 Å². The molecule has 7 fully saturated rings. The summed E-state index contributed by atoms with van der Waals surface area (Å²) in [6.45, 7) is -0.0622. The fraction of sp³-hybridized carbons (Fsp3) is 0.260. The highest BCUT2D eigenvalue weighted by molar-refractivity contribution is 6.93. The topological polar surface area (TPSA) is 11.4 Å². The Hall–Kier alpha value is -7.56. The molecule has 4 heteroatoms. The van der Waals surface area contributed by atoms with Crippen LogP contribution in [0.15, 0.2) is 206 Å². The lowest BCUT2D eigenvalue weighted by Crippen LogP contribution is -2.62. The van der Waals surface area contributed by atoms with E-state index >= 15 is 0 Å². The van der Waals surface area contributed by atoms with Crippen LogP contribution in [0.25, 0.3) is 38.6 Å². The van der Waals surface area contributed by atoms with E-state index in [1.165, 1.54) is 140 Å². The van der Waals surface area contributed by atoms with Gasteiger partial charge in [0.1, 0.15) is 0 Å². The molecule has 8 atom stereocenters. The van der Waals surface area contributed by atoms with Crippen LogP contribution in [0.4, 0.5) is 28.4 Å². The Morgan fingerprint density at radius 3 is 1.84 bits per heavy atom. The molecule has 3 aliphatic heterocycles. The fourth-order valence-electron chi connectivity index (χ4n) is 21.1. The second-order valence-corrected chi connectivity index (χ2v) is 25.9. The van der Waals surface area contributed by atoms with E-state index in [0.29, 0.717) is 5.41 Å². The SMILES string of the molecule is c1ccc(N(c2ccccc2)c2cc3c4c(c2)-n2c5ccc(C67C8CCC6CC7C8)cc5c5cc(C67CC8CC9CC(C6)C7C98)cc(c52)B4N2c4ccccc4C(c4ccccc4)(c4ccccc4)c4cccc-3c42)cc1. The predicted molar refractivity (Wildman–Crippen MR) is 315 cm³/mol. The third kappa shape index (κ3) is 4.70. The minimum Gasteiger partial charge on any atom is -0.376 e. The number of hydrogen-bond donors (Lipinski definition) is 0. The van der Waals surface area contributed by atoms with Crippen molar-refractivity contribution in [1.29, 1.82) is 0 Å². The van der Waals surface area contributed by atoms with E-state index in [4.69, 9.17) is 0 Å². The number of anilines is 5. The van der Waals surface area contributed by atoms with Crippen LogP contribution >= 0.6 is 0 Å². The molecule has 0 radical (unpaired) electrons. The minimum atomic E-state index is -0.571. The molecule has 8 unspecified atom stereocenters. The lowest BCUT2D eigenvalue weighted by Gasteiger charge is -2.65. The molecule has 7 saturated carbocycles. The molecule has 77 heavy (non-hydrogen) atoms. The maximum atomic E-state index is 2.88. The van der Waals surface area contributed by atoms with Crippen molar-refractivity contribution in [3.05, 3.63) is 240 Å². The summed E-state index contributed by atoms with van der Waals surface area (Å²) in [5.74, 6) is 7.15. The van der Waals surface area contributed by atoms with Crippen LogP contribution < -0.4 is 20.6 Å². The zero-order valence-corrected chi connectivity index (χ0v) is 43.3. The van der Waals surface area contributed by atoms with Crippen LogP contribution in [0.1, 0.15) is 84.7 Å². The third-order valence-corrected chi connectivity index (χ3v) is 23.6. The molecule has 4 heterocycles. The third-order valence-electron chi connectivity index (χ3n) is 23.6. The van der Waals surface area contributed by atoms with E-state index < -0.39 is 5.41 Å². The van der Waals surface area contributed by atoms with Crippen LogP contribution in [-0.2, 0) is 16.2 Å². The smallest absolute Gasteiger partial charge is 0.333 e. The van der Waals surface area contributed by atoms with Gasteiger partial charge in [0.05, 0.1) is 16.4 Å². The highest BCUT2D eigenvalue weighted by Crippen LogP contribution is 2.79. The van der Waals surface area contributed by atoms with Crippen molar-refractivity contribution in [2.75, 3.05) is 9.71 Å². The second-order valence-electron chi connectivity index (χ2n) is 25.9. The van der Waals surface area contributed by atoms with Gasteiger partial charge in [-0.05, 0) is 215 Å². The Bertz CT molecular complexity index is 4120. The van der Waals surface area contributed by atoms with Crippen molar-refractivity contribution in [2.24, 2.45) is 47.3 Å². The Labute approximate surface area is 451 Å². The highest BCUT2D eigenvalue weighted by Gasteiger charge is 2.73. The quantitative estimate of drug-likeness (QED) is 0.147. The minimum absolute atomic E-state index is 0.0622. The van der Waals surface area contributed by atoms with Crippen LogP contribution in [0.5, 0.6) is 0 Å². The molecule has 20 rings (SSSR count). The van der Waals surface area contributed by atoms with Crippen molar-refractivity contribution in [3.8, 4) is 16.8 Å². The second kappa shape index (κ2) is 14.1. The first-order valence-electron chi connectivity index (χ1n) is 29.5. The van der Waals surface area contributed by atoms with Gasteiger partial charge in [0, 0.05) is 55.9 Å². The average Bonchev–Trinajstić information content (AvgIpc) is 3.39. The van der Waals surface area contributed by atoms with Gasteiger partial charge in [-0.25, -0.2) is 0 Å². The summed E-state index contributed by atoms with van der Waals surface area (Å²) < 4.78 is 2.79. The van der Waals surface area contributed by atoms with Crippen molar-refractivity contribution in [2.45, 2.75) is 67.6 Å². The Balaban J connectivity index is 0.938. The summed E-state index contributed by atoms with van der Waals surface area (Å²) in [4.78, 5) is 5.39. The first kappa shape index (κ1) is 41.6. The van der Waals surface area contributed by atoms with E-state index in [1.54, 1.807) is 11.1 Å². The maximum absolute atomic E-state index is 2.88. The van der Waals surface area contributed by atoms with Crippen LogP contribution in [-0.4, -0.2) is 11.4 Å². The van der Waals surface area contributed by atoms with Crippen molar-refractivity contribution < 1.29 is 0 Å². The molecule has 0 saturated heterocycles. The van der Waals surface area contributed by atoms with Crippen LogP contribution in [0, 0.1) is 47.3 Å². The van der Waals surface area contributed by atoms with Gasteiger partial charge in [0.25, 0.3) is 0 Å². The molecule has 1 aromatic heterocycles. The van der Waals surface area contributed by atoms with Crippen molar-refractivity contribution >= 4 is 68.0 Å². The van der Waals surface area contributed by atoms with E-state index in [2.05, 4.69) is 221 Å². The van der Waals surface area contributed by atoms with Gasteiger partial charge < -0.3 is 14.3 Å². The molecule has 7 aliphatic carbocycles. The molecule has 3 nitrogen and oxygen atoms in total. The average molecular weight is 988 g/mol. The molecule has 0 N–H and O–H groups in total. The number of aromatic nitrogens is 1. The van der Waals surface area contributed by atoms with Gasteiger partial charge in [0.2, 0.25) is 0 Å². The van der Waals surface area contributed by atoms with Gasteiger partial charge in [-0.3, -0.25) is 0 Å². The number of hydrogen-bond acceptors (Lipinski definition) is 2. The molecule has 10 aromatic rings. The molecule has 0 spiro atoms. The van der Waals surface area contributed by atoms with E-state index in [9.17, 15) is 0 Å². The Kier molecular flexibility index (Phi) is 7.63. The zero-order chi connectivity index (χ0) is 49.7. The molecule has 9 aromatic carbocycles. The number of fused-ring (bicyclic) bond motifs is 9. The first-order chi connectivity index (χ1) is 38.1. The normalized spacial score (nSPS) is 29.6. The number of rotatable bonds is 7. The van der Waals surface area contributed by atoms with Gasteiger partial charge in [-0.2, -0.15) is 0 Å². The standard InChI is InChI=1S/C73H58BN3/c1-5-16-46(17-6-1)73(47-18-7-2-8-19-47)60-25-13-14-27-64(60)77-69-56(24-15-26-61(69)73)58-39-55(75(53-20-9-3-10-21-53)54-22-11-4-12-23-54)40-65-68(58)74(77)62-38-51(71-41-44-32-43-33-45(42-71)67(71)66(43)44)37-59-57-36-50(30-31-63(57)76(65)70(59)62)72-48-28-29-49(72)35-52(72)34-48/h1-27,30-31,36-40,43-45,48-49,52,66-67H,28-29,32-35,41-42H2. The monoisotopic (exact) mass is 987 g/mol. The molecular weight excluding hydrogens is 930 g/mol. The van der Waals surface area contributed by atoms with E-state index in [1.807, 2.05) is 0 Å². The fourth-order valence-corrected chi connectivity index (χ4v) is 21.1. The van der Waals surface area contributed by atoms with Crippen molar-refractivity contribution in [1.82, 2.24) is 4.57 Å². The first-order valence-corrected chi connectivity index (χ1v) is 29.5. The predicted octanol–water partition coefficient (Wildman–Crippen LogP) is 15.8. The van der Waals surface area contributed by atoms with Gasteiger partial charge in [-0.15, -0.1) is 0 Å². The largest absolute Gasteiger partial charge is 0.376 e. The van der Waals surface area contributed by atoms with Crippen molar-refractivity contribution in [3.63, 3.8) is 0 Å². The number of para-hydroxylation sites is 4. The molecule has 0 amide bonds. The number of benzene rings is 9. The Morgan fingerprint density at radius 2 is 1.12 bits per heavy atom. The highest BCUT2D eigenvalue weighted by atomic mass is 15.2. The summed E-state index contributed by atoms with van der Waals surface area (Å²) in [5, 5.41) is 2.97. The molecule has 368 valence electrons. The maximum Gasteiger partial charge on any atom is 0.333 e. The Morgan fingerprint density at radius 1 is 0.468 bits per heavy atom. The summed E-state index contributed by atoms with van der Waals surface area (Å²) in [6, 6.07) is 80.9. The summed E-state index contributed by atoms with van der Waals surface area (Å²) in [5.41, 5.74) is 24.5. The van der Waals surface area contributed by atoms with Crippen LogP contribution in [0.3, 0.4) is 0 Å². The van der Waals surface area contributed by atoms with E-state index in [-0.39, 0.29) is 12.3 Å². The lowest BCUT2D eigenvalue weighted by atomic mass is 9.39.